The molecular weight excluding hydrogens is 412 g/mol. The third kappa shape index (κ3) is 4.07. The highest BCUT2D eigenvalue weighted by molar-refractivity contribution is 7.92. The second-order valence-corrected chi connectivity index (χ2v) is 8.61. The van der Waals surface area contributed by atoms with Crippen molar-refractivity contribution in [3.63, 3.8) is 0 Å². The first-order valence-electron chi connectivity index (χ1n) is 7.80. The number of aromatic nitrogens is 1. The highest BCUT2D eigenvalue weighted by atomic mass is 32.2. The van der Waals surface area contributed by atoms with Gasteiger partial charge in [-0.05, 0) is 26.3 Å². The van der Waals surface area contributed by atoms with Crippen LogP contribution in [0.25, 0.3) is 0 Å². The number of aryl methyl sites for hydroxylation is 2. The number of methoxy groups -OCH3 is 2. The first-order chi connectivity index (χ1) is 13.0. The fraction of sp³-hybridized carbons (Fsp3) is 0.375. The quantitative estimate of drug-likeness (QED) is 0.671. The molecule has 0 aliphatic rings. The van der Waals surface area contributed by atoms with Gasteiger partial charge in [0.2, 0.25) is 5.91 Å². The number of sulfonamides is 1. The zero-order valence-corrected chi connectivity index (χ0v) is 17.4. The second-order valence-electron chi connectivity index (χ2n) is 5.71. The number of esters is 2. The van der Waals surface area contributed by atoms with E-state index in [1.165, 1.54) is 6.92 Å². The van der Waals surface area contributed by atoms with Gasteiger partial charge in [0.05, 0.1) is 31.9 Å². The normalized spacial score (nSPS) is 11.2. The van der Waals surface area contributed by atoms with Crippen LogP contribution in [0.3, 0.4) is 0 Å². The molecule has 0 saturated heterocycles. The van der Waals surface area contributed by atoms with E-state index in [0.717, 1.165) is 14.2 Å². The van der Waals surface area contributed by atoms with Crippen LogP contribution < -0.4 is 4.72 Å². The van der Waals surface area contributed by atoms with Gasteiger partial charge in [0.15, 0.2) is 4.21 Å². The Bertz CT molecular complexity index is 1030. The van der Waals surface area contributed by atoms with Gasteiger partial charge < -0.3 is 14.0 Å². The van der Waals surface area contributed by atoms with Crippen molar-refractivity contribution in [3.05, 3.63) is 33.0 Å². The molecule has 0 aliphatic heterocycles. The van der Waals surface area contributed by atoms with E-state index in [2.05, 4.69) is 14.6 Å². The molecule has 2 aromatic rings. The summed E-state index contributed by atoms with van der Waals surface area (Å²) in [7, 11) is -2.26. The molecule has 0 atom stereocenters. The molecule has 0 aliphatic carbocycles. The largest absolute Gasteiger partial charge is 0.465 e. The summed E-state index contributed by atoms with van der Waals surface area (Å²) in [6, 6.07) is 0. The second kappa shape index (κ2) is 8.10. The van der Waals surface area contributed by atoms with Gasteiger partial charge in [0.1, 0.15) is 10.6 Å². The maximum absolute atomic E-state index is 12.7. The smallest absolute Gasteiger partial charge is 0.348 e. The standard InChI is InChI=1S/C16H18N2O8S2/c1-7-12(14(20)24-4)16(27-13(7)15(21)25-5)28(22,23)18-11(19)6-10-8(2)17-26-9(10)3/h6H2,1-5H3,(H,18,19). The van der Waals surface area contributed by atoms with Crippen LogP contribution in [0.2, 0.25) is 0 Å². The number of thiophene rings is 1. The molecule has 0 aromatic carbocycles. The van der Waals surface area contributed by atoms with Crippen molar-refractivity contribution in [3.8, 4) is 0 Å². The van der Waals surface area contributed by atoms with Gasteiger partial charge >= 0.3 is 11.9 Å². The van der Waals surface area contributed by atoms with Crippen LogP contribution >= 0.6 is 11.3 Å². The van der Waals surface area contributed by atoms with Crippen molar-refractivity contribution in [1.82, 2.24) is 9.88 Å². The molecule has 2 heterocycles. The fourth-order valence-electron chi connectivity index (χ4n) is 2.45. The van der Waals surface area contributed by atoms with Crippen molar-refractivity contribution >= 4 is 39.2 Å². The lowest BCUT2D eigenvalue weighted by Crippen LogP contribution is -2.32. The lowest BCUT2D eigenvalue weighted by atomic mass is 10.1. The van der Waals surface area contributed by atoms with Gasteiger partial charge in [-0.3, -0.25) is 4.79 Å². The molecule has 0 bridgehead atoms. The van der Waals surface area contributed by atoms with Gasteiger partial charge in [0.25, 0.3) is 10.0 Å². The number of carbonyl (C=O) groups excluding carboxylic acids is 3. The lowest BCUT2D eigenvalue weighted by Gasteiger charge is -2.07. The van der Waals surface area contributed by atoms with E-state index in [-0.39, 0.29) is 22.4 Å². The zero-order valence-electron chi connectivity index (χ0n) is 15.7. The summed E-state index contributed by atoms with van der Waals surface area (Å²) in [6.45, 7) is 4.60. The highest BCUT2D eigenvalue weighted by Crippen LogP contribution is 2.33. The van der Waals surface area contributed by atoms with E-state index in [1.807, 2.05) is 4.72 Å². The number of nitrogens with one attached hydrogen (secondary N) is 1. The van der Waals surface area contributed by atoms with Crippen molar-refractivity contribution in [2.24, 2.45) is 0 Å². The van der Waals surface area contributed by atoms with E-state index < -0.39 is 32.1 Å². The Balaban J connectivity index is 2.43. The number of nitrogens with zero attached hydrogens (tertiary/aromatic N) is 1. The van der Waals surface area contributed by atoms with E-state index in [9.17, 15) is 22.8 Å². The molecule has 1 amide bonds. The zero-order chi connectivity index (χ0) is 21.2. The van der Waals surface area contributed by atoms with E-state index >= 15 is 0 Å². The van der Waals surface area contributed by atoms with E-state index in [1.54, 1.807) is 13.8 Å². The molecule has 1 N–H and O–H groups in total. The maximum Gasteiger partial charge on any atom is 0.348 e. The molecule has 0 unspecified atom stereocenters. The summed E-state index contributed by atoms with van der Waals surface area (Å²) in [4.78, 5) is 36.2. The molecule has 0 spiro atoms. The third-order valence-corrected chi connectivity index (χ3v) is 7.05. The van der Waals surface area contributed by atoms with Gasteiger partial charge in [-0.15, -0.1) is 11.3 Å². The summed E-state index contributed by atoms with van der Waals surface area (Å²) in [5, 5.41) is 3.70. The predicted molar refractivity (Wildman–Crippen MR) is 96.7 cm³/mol. The summed E-state index contributed by atoms with van der Waals surface area (Å²) in [6.07, 6.45) is -0.290. The SMILES string of the molecule is COC(=O)c1sc(S(=O)(=O)NC(=O)Cc2c(C)noc2C)c(C(=O)OC)c1C. The summed E-state index contributed by atoms with van der Waals surface area (Å²) in [5.41, 5.74) is 0.673. The predicted octanol–water partition coefficient (Wildman–Crippen LogP) is 1.28. The molecule has 28 heavy (non-hydrogen) atoms. The fourth-order valence-corrected chi connectivity index (χ4v) is 5.18. The molecule has 152 valence electrons. The van der Waals surface area contributed by atoms with Crippen LogP contribution in [0, 0.1) is 20.8 Å². The minimum absolute atomic E-state index is 0.0820. The summed E-state index contributed by atoms with van der Waals surface area (Å²) in [5.74, 6) is -2.23. The van der Waals surface area contributed by atoms with Crippen LogP contribution in [-0.4, -0.2) is 45.6 Å². The Morgan fingerprint density at radius 1 is 1.11 bits per heavy atom. The van der Waals surface area contributed by atoms with E-state index in [0.29, 0.717) is 28.4 Å². The van der Waals surface area contributed by atoms with Gasteiger partial charge in [-0.25, -0.2) is 22.7 Å². The maximum atomic E-state index is 12.7. The average Bonchev–Trinajstić information content (AvgIpc) is 3.14. The van der Waals surface area contributed by atoms with E-state index in [4.69, 9.17) is 4.52 Å². The number of carbonyl (C=O) groups is 3. The third-order valence-electron chi connectivity index (χ3n) is 3.89. The van der Waals surface area contributed by atoms with Crippen molar-refractivity contribution < 1.29 is 36.8 Å². The summed E-state index contributed by atoms with van der Waals surface area (Å²) >= 11 is 0.517. The molecule has 0 fully saturated rings. The molecule has 2 aromatic heterocycles. The average molecular weight is 430 g/mol. The van der Waals surface area contributed by atoms with Gasteiger partial charge in [-0.2, -0.15) is 0 Å². The number of hydrogen-bond acceptors (Lipinski definition) is 10. The summed E-state index contributed by atoms with van der Waals surface area (Å²) < 4.78 is 41.0. The first-order valence-corrected chi connectivity index (χ1v) is 10.1. The minimum Gasteiger partial charge on any atom is -0.465 e. The molecule has 2 rings (SSSR count). The van der Waals surface area contributed by atoms with Crippen molar-refractivity contribution in [2.45, 2.75) is 31.4 Å². The van der Waals surface area contributed by atoms with Crippen LogP contribution in [0.4, 0.5) is 0 Å². The minimum atomic E-state index is -4.46. The van der Waals surface area contributed by atoms with Crippen molar-refractivity contribution in [1.29, 1.82) is 0 Å². The Morgan fingerprint density at radius 3 is 2.21 bits per heavy atom. The van der Waals surface area contributed by atoms with Gasteiger partial charge in [-0.1, -0.05) is 5.16 Å². The monoisotopic (exact) mass is 430 g/mol. The number of ether oxygens (including phenoxy) is 2. The first kappa shape index (κ1) is 21.6. The molecular formula is C16H18N2O8S2. The Morgan fingerprint density at radius 2 is 1.71 bits per heavy atom. The Labute approximate surface area is 164 Å². The number of rotatable bonds is 6. The lowest BCUT2D eigenvalue weighted by molar-refractivity contribution is -0.118. The van der Waals surface area contributed by atoms with Crippen LogP contribution in [-0.2, 0) is 30.7 Å². The molecule has 0 radical (unpaired) electrons. The highest BCUT2D eigenvalue weighted by Gasteiger charge is 2.33. The van der Waals surface area contributed by atoms with Crippen LogP contribution in [0.5, 0.6) is 0 Å². The Hall–Kier alpha value is -2.73. The van der Waals surface area contributed by atoms with Crippen LogP contribution in [0.1, 0.15) is 42.6 Å². The number of amides is 1. The van der Waals surface area contributed by atoms with Gasteiger partial charge in [0, 0.05) is 5.56 Å². The molecule has 10 nitrogen and oxygen atoms in total. The topological polar surface area (TPSA) is 142 Å². The molecule has 0 saturated carbocycles. The molecule has 12 heteroatoms. The van der Waals surface area contributed by atoms with Crippen LogP contribution in [0.15, 0.2) is 8.73 Å². The van der Waals surface area contributed by atoms with Crippen molar-refractivity contribution in [2.75, 3.05) is 14.2 Å². The number of hydrogen-bond donors (Lipinski definition) is 1. The Kier molecular flexibility index (Phi) is 6.24.